The summed E-state index contributed by atoms with van der Waals surface area (Å²) < 4.78 is 39.2. The van der Waals surface area contributed by atoms with Gasteiger partial charge in [-0.1, -0.05) is 0 Å². The molecule has 0 bridgehead atoms. The Morgan fingerprint density at radius 2 is 1.88 bits per heavy atom. The summed E-state index contributed by atoms with van der Waals surface area (Å²) in [6, 6.07) is -0.0942. The fourth-order valence-corrected chi connectivity index (χ4v) is 4.02. The first-order valence-electron chi connectivity index (χ1n) is 8.56. The first-order chi connectivity index (χ1) is 12.0. The molecule has 9 nitrogen and oxygen atoms in total. The van der Waals surface area contributed by atoms with E-state index in [2.05, 4.69) is 15.3 Å². The molecule has 2 heterocycles. The van der Waals surface area contributed by atoms with E-state index < -0.39 is 16.1 Å². The lowest BCUT2D eigenvalue weighted by Gasteiger charge is -2.24. The quantitative estimate of drug-likeness (QED) is 0.766. The van der Waals surface area contributed by atoms with Crippen molar-refractivity contribution in [3.8, 4) is 0 Å². The Kier molecular flexibility index (Phi) is 4.99. The Balaban J connectivity index is 1.81. The van der Waals surface area contributed by atoms with Crippen LogP contribution in [0.4, 0.5) is 5.82 Å². The van der Waals surface area contributed by atoms with E-state index in [0.717, 1.165) is 17.1 Å². The van der Waals surface area contributed by atoms with Crippen LogP contribution < -0.4 is 10.5 Å². The number of anilines is 1. The number of nitrogens with one attached hydrogen (secondary N) is 1. The third-order valence-corrected chi connectivity index (χ3v) is 5.32. The van der Waals surface area contributed by atoms with Crippen LogP contribution in [0.2, 0.25) is 0 Å². The maximum Gasteiger partial charge on any atom is 0.333 e. The molecule has 10 heteroatoms. The topological polar surface area (TPSA) is 126 Å². The SMILES string of the molecule is Cc1nc(C)c(C)c(N[C@@H]2C[C@H](COS(N)(=O)=O)[C@H]3OC(C)(C)O[C@H]32)n1. The molecule has 146 valence electrons. The summed E-state index contributed by atoms with van der Waals surface area (Å²) in [5.41, 5.74) is 1.88. The number of nitrogens with two attached hydrogens (primary N) is 1. The zero-order valence-electron chi connectivity index (χ0n) is 15.6. The fraction of sp³-hybridized carbons (Fsp3) is 0.750. The van der Waals surface area contributed by atoms with Crippen molar-refractivity contribution < 1.29 is 22.1 Å². The van der Waals surface area contributed by atoms with Crippen LogP contribution in [-0.2, 0) is 24.0 Å². The molecule has 1 saturated carbocycles. The summed E-state index contributed by atoms with van der Waals surface area (Å²) in [6.07, 6.45) is 0.0882. The Hall–Kier alpha value is -1.33. The summed E-state index contributed by atoms with van der Waals surface area (Å²) >= 11 is 0. The van der Waals surface area contributed by atoms with Crippen molar-refractivity contribution in [3.05, 3.63) is 17.1 Å². The number of rotatable bonds is 5. The highest BCUT2D eigenvalue weighted by molar-refractivity contribution is 7.84. The molecule has 0 aromatic carbocycles. The number of ether oxygens (including phenoxy) is 2. The Labute approximate surface area is 153 Å². The Bertz CT molecular complexity index is 798. The van der Waals surface area contributed by atoms with Crippen LogP contribution in [0.25, 0.3) is 0 Å². The predicted octanol–water partition coefficient (Wildman–Crippen LogP) is 0.942. The molecule has 1 aliphatic carbocycles. The molecule has 1 aromatic rings. The van der Waals surface area contributed by atoms with Crippen molar-refractivity contribution in [1.29, 1.82) is 0 Å². The number of hydrogen-bond acceptors (Lipinski definition) is 8. The van der Waals surface area contributed by atoms with Gasteiger partial charge in [0, 0.05) is 17.2 Å². The second-order valence-electron chi connectivity index (χ2n) is 7.42. The van der Waals surface area contributed by atoms with E-state index in [1.807, 2.05) is 34.6 Å². The van der Waals surface area contributed by atoms with Crippen LogP contribution in [0.3, 0.4) is 0 Å². The lowest BCUT2D eigenvalue weighted by molar-refractivity contribution is -0.158. The minimum atomic E-state index is -4.00. The van der Waals surface area contributed by atoms with Crippen LogP contribution in [-0.4, -0.2) is 49.0 Å². The third-order valence-electron chi connectivity index (χ3n) is 4.85. The zero-order chi connectivity index (χ0) is 19.3. The molecule has 0 unspecified atom stereocenters. The van der Waals surface area contributed by atoms with E-state index in [4.69, 9.17) is 18.8 Å². The summed E-state index contributed by atoms with van der Waals surface area (Å²) in [4.78, 5) is 8.85. The fourth-order valence-electron chi connectivity index (χ4n) is 3.66. The molecular weight excluding hydrogens is 360 g/mol. The lowest BCUT2D eigenvalue weighted by Crippen LogP contribution is -2.35. The number of aromatic nitrogens is 2. The van der Waals surface area contributed by atoms with Gasteiger partial charge < -0.3 is 14.8 Å². The van der Waals surface area contributed by atoms with Crippen LogP contribution in [0, 0.1) is 26.7 Å². The number of aryl methyl sites for hydroxylation is 2. The number of fused-ring (bicyclic) bond motifs is 1. The summed E-state index contributed by atoms with van der Waals surface area (Å²) in [5, 5.41) is 8.40. The van der Waals surface area contributed by atoms with Gasteiger partial charge in [0.2, 0.25) is 0 Å². The molecule has 1 aliphatic heterocycles. The highest BCUT2D eigenvalue weighted by Gasteiger charge is 2.54. The molecule has 2 aliphatic rings. The van der Waals surface area contributed by atoms with Gasteiger partial charge in [0.05, 0.1) is 18.8 Å². The van der Waals surface area contributed by atoms with E-state index >= 15 is 0 Å². The minimum absolute atomic E-state index is 0.0432. The first kappa shape index (κ1) is 19.4. The Morgan fingerprint density at radius 3 is 2.54 bits per heavy atom. The van der Waals surface area contributed by atoms with E-state index in [1.54, 1.807) is 0 Å². The molecule has 0 spiro atoms. The monoisotopic (exact) mass is 386 g/mol. The molecule has 0 radical (unpaired) electrons. The molecule has 4 atom stereocenters. The second-order valence-corrected chi connectivity index (χ2v) is 8.64. The zero-order valence-corrected chi connectivity index (χ0v) is 16.5. The van der Waals surface area contributed by atoms with E-state index in [1.165, 1.54) is 0 Å². The van der Waals surface area contributed by atoms with Gasteiger partial charge in [-0.2, -0.15) is 8.42 Å². The Morgan fingerprint density at radius 1 is 1.23 bits per heavy atom. The van der Waals surface area contributed by atoms with Crippen molar-refractivity contribution in [2.45, 2.75) is 65.1 Å². The van der Waals surface area contributed by atoms with Crippen molar-refractivity contribution in [2.24, 2.45) is 11.1 Å². The molecule has 1 aromatic heterocycles. The molecule has 2 fully saturated rings. The normalized spacial score (nSPS) is 30.4. The van der Waals surface area contributed by atoms with Crippen LogP contribution in [0.5, 0.6) is 0 Å². The first-order valence-corrected chi connectivity index (χ1v) is 10.0. The van der Waals surface area contributed by atoms with Crippen molar-refractivity contribution >= 4 is 16.1 Å². The van der Waals surface area contributed by atoms with Gasteiger partial charge in [0.15, 0.2) is 5.79 Å². The highest BCUT2D eigenvalue weighted by atomic mass is 32.2. The molecule has 3 N–H and O–H groups in total. The molecule has 0 amide bonds. The van der Waals surface area contributed by atoms with Gasteiger partial charge in [-0.25, -0.2) is 15.1 Å². The average Bonchev–Trinajstić information content (AvgIpc) is 2.96. The van der Waals surface area contributed by atoms with Crippen molar-refractivity contribution in [1.82, 2.24) is 9.97 Å². The third kappa shape index (κ3) is 4.15. The smallest absolute Gasteiger partial charge is 0.333 e. The second kappa shape index (κ2) is 6.68. The largest absolute Gasteiger partial charge is 0.364 e. The maximum absolute atomic E-state index is 11.2. The standard InChI is InChI=1S/C16H26N4O5S/c1-8-9(2)18-10(3)19-15(8)20-12-6-11(7-23-26(17,21)22)13-14(12)25-16(4,5)24-13/h11-14H,6-7H2,1-5H3,(H2,17,21,22)(H,18,19,20)/t11-,12-,13-,14+/m1/s1. The molecular formula is C16H26N4O5S. The summed E-state index contributed by atoms with van der Waals surface area (Å²) in [5.74, 6) is 0.521. The van der Waals surface area contributed by atoms with Gasteiger partial charge in [-0.3, -0.25) is 4.18 Å². The van der Waals surface area contributed by atoms with E-state index in [9.17, 15) is 8.42 Å². The predicted molar refractivity (Wildman–Crippen MR) is 94.6 cm³/mol. The van der Waals surface area contributed by atoms with Gasteiger partial charge in [0.1, 0.15) is 17.7 Å². The van der Waals surface area contributed by atoms with Gasteiger partial charge in [-0.05, 0) is 41.0 Å². The van der Waals surface area contributed by atoms with E-state index in [0.29, 0.717) is 12.2 Å². The summed E-state index contributed by atoms with van der Waals surface area (Å²) in [6.45, 7) is 9.37. The van der Waals surface area contributed by atoms with Crippen LogP contribution >= 0.6 is 0 Å². The molecule has 3 rings (SSSR count). The average molecular weight is 386 g/mol. The van der Waals surface area contributed by atoms with Crippen molar-refractivity contribution in [2.75, 3.05) is 11.9 Å². The minimum Gasteiger partial charge on any atom is -0.364 e. The maximum atomic E-state index is 11.2. The van der Waals surface area contributed by atoms with Gasteiger partial charge >= 0.3 is 10.3 Å². The van der Waals surface area contributed by atoms with Crippen LogP contribution in [0.1, 0.15) is 37.4 Å². The molecule has 26 heavy (non-hydrogen) atoms. The van der Waals surface area contributed by atoms with Gasteiger partial charge in [-0.15, -0.1) is 0 Å². The van der Waals surface area contributed by atoms with Crippen LogP contribution in [0.15, 0.2) is 0 Å². The van der Waals surface area contributed by atoms with E-state index in [-0.39, 0.29) is 30.8 Å². The van der Waals surface area contributed by atoms with Crippen molar-refractivity contribution in [3.63, 3.8) is 0 Å². The number of hydrogen-bond donors (Lipinski definition) is 2. The highest BCUT2D eigenvalue weighted by Crippen LogP contribution is 2.43. The summed E-state index contributed by atoms with van der Waals surface area (Å²) in [7, 11) is -4.00. The lowest BCUT2D eigenvalue weighted by atomic mass is 10.1. The van der Waals surface area contributed by atoms with Gasteiger partial charge in [0.25, 0.3) is 0 Å². The number of nitrogens with zero attached hydrogens (tertiary/aromatic N) is 2. The molecule has 1 saturated heterocycles.